The largest absolute Gasteiger partial charge is 0.388 e. The Hall–Kier alpha value is -1.17. The van der Waals surface area contributed by atoms with Crippen molar-refractivity contribution in [2.75, 3.05) is 13.1 Å². The van der Waals surface area contributed by atoms with Gasteiger partial charge in [-0.25, -0.2) is 4.39 Å². The molecule has 1 heterocycles. The van der Waals surface area contributed by atoms with Crippen LogP contribution in [0, 0.1) is 5.82 Å². The van der Waals surface area contributed by atoms with E-state index in [1.165, 1.54) is 17.0 Å². The van der Waals surface area contributed by atoms with Crippen LogP contribution in [0.2, 0.25) is 5.02 Å². The number of hydrogen-bond donors (Lipinski definition) is 2. The van der Waals surface area contributed by atoms with Crippen molar-refractivity contribution in [3.63, 3.8) is 0 Å². The molecule has 1 aliphatic heterocycles. The lowest BCUT2D eigenvalue weighted by Gasteiger charge is -2.15. The smallest absolute Gasteiger partial charge is 0.257 e. The first-order valence-electron chi connectivity index (χ1n) is 5.09. The zero-order valence-corrected chi connectivity index (χ0v) is 9.56. The second-order valence-electron chi connectivity index (χ2n) is 3.97. The Bertz CT molecular complexity index is 444. The Balaban J connectivity index is 2.20. The third-order valence-electron chi connectivity index (χ3n) is 2.71. The van der Waals surface area contributed by atoms with Gasteiger partial charge < -0.3 is 15.1 Å². The van der Waals surface area contributed by atoms with Crippen molar-refractivity contribution in [2.45, 2.75) is 12.2 Å². The van der Waals surface area contributed by atoms with Gasteiger partial charge in [-0.05, 0) is 18.2 Å². The Kier molecular flexibility index (Phi) is 3.33. The maximum atomic E-state index is 13.5. The predicted octanol–water partition coefficient (Wildman–Crippen LogP) is 0.657. The van der Waals surface area contributed by atoms with Gasteiger partial charge in [0.2, 0.25) is 0 Å². The van der Waals surface area contributed by atoms with Gasteiger partial charge in [0, 0.05) is 18.1 Å². The molecule has 92 valence electrons. The van der Waals surface area contributed by atoms with E-state index in [9.17, 15) is 19.4 Å². The monoisotopic (exact) mass is 259 g/mol. The summed E-state index contributed by atoms with van der Waals surface area (Å²) in [4.78, 5) is 13.1. The van der Waals surface area contributed by atoms with Crippen LogP contribution in [0.15, 0.2) is 18.2 Å². The molecule has 2 unspecified atom stereocenters. The highest BCUT2D eigenvalue weighted by Gasteiger charge is 2.33. The SMILES string of the molecule is O=C(c1ccc(Cl)cc1F)N1CC(O)C(O)C1. The summed E-state index contributed by atoms with van der Waals surface area (Å²) in [5, 5.41) is 18.8. The fraction of sp³-hybridized carbons (Fsp3) is 0.364. The molecule has 0 aromatic heterocycles. The summed E-state index contributed by atoms with van der Waals surface area (Å²) in [6.07, 6.45) is -1.95. The molecule has 6 heteroatoms. The molecular formula is C11H11ClFNO3. The van der Waals surface area contributed by atoms with Gasteiger partial charge in [0.05, 0.1) is 17.8 Å². The quantitative estimate of drug-likeness (QED) is 0.779. The maximum absolute atomic E-state index is 13.5. The number of rotatable bonds is 1. The first-order chi connectivity index (χ1) is 7.99. The van der Waals surface area contributed by atoms with Crippen LogP contribution < -0.4 is 0 Å². The molecule has 1 aliphatic rings. The number of aliphatic hydroxyl groups excluding tert-OH is 2. The summed E-state index contributed by atoms with van der Waals surface area (Å²) < 4.78 is 13.5. The molecule has 1 amide bonds. The lowest BCUT2D eigenvalue weighted by Crippen LogP contribution is -2.30. The number of amides is 1. The molecule has 2 N–H and O–H groups in total. The van der Waals surface area contributed by atoms with Crippen LogP contribution in [0.25, 0.3) is 0 Å². The molecule has 2 rings (SSSR count). The van der Waals surface area contributed by atoms with Crippen LogP contribution in [0.3, 0.4) is 0 Å². The lowest BCUT2D eigenvalue weighted by atomic mass is 10.2. The standard InChI is InChI=1S/C11H11ClFNO3/c12-6-1-2-7(8(13)3-6)11(17)14-4-9(15)10(16)5-14/h1-3,9-10,15-16H,4-5H2. The highest BCUT2D eigenvalue weighted by molar-refractivity contribution is 6.30. The molecule has 17 heavy (non-hydrogen) atoms. The minimum Gasteiger partial charge on any atom is -0.388 e. The molecule has 0 saturated carbocycles. The van der Waals surface area contributed by atoms with Crippen molar-refractivity contribution < 1.29 is 19.4 Å². The van der Waals surface area contributed by atoms with Gasteiger partial charge in [0.1, 0.15) is 5.82 Å². The van der Waals surface area contributed by atoms with Crippen LogP contribution in [0.4, 0.5) is 4.39 Å². The molecule has 1 aromatic carbocycles. The molecule has 2 atom stereocenters. The van der Waals surface area contributed by atoms with Crippen molar-refractivity contribution in [2.24, 2.45) is 0 Å². The average molecular weight is 260 g/mol. The van der Waals surface area contributed by atoms with E-state index >= 15 is 0 Å². The van der Waals surface area contributed by atoms with Crippen molar-refractivity contribution in [3.05, 3.63) is 34.6 Å². The summed E-state index contributed by atoms with van der Waals surface area (Å²) in [5.41, 5.74) is -0.115. The fourth-order valence-corrected chi connectivity index (χ4v) is 1.93. The third-order valence-corrected chi connectivity index (χ3v) is 2.94. The summed E-state index contributed by atoms with van der Waals surface area (Å²) in [6, 6.07) is 3.76. The highest BCUT2D eigenvalue weighted by atomic mass is 35.5. The maximum Gasteiger partial charge on any atom is 0.257 e. The molecule has 1 saturated heterocycles. The van der Waals surface area contributed by atoms with Gasteiger partial charge in [-0.3, -0.25) is 4.79 Å². The number of aliphatic hydroxyl groups is 2. The second-order valence-corrected chi connectivity index (χ2v) is 4.41. The minimum atomic E-state index is -0.977. The van der Waals surface area contributed by atoms with Crippen molar-refractivity contribution in [1.82, 2.24) is 4.90 Å². The van der Waals surface area contributed by atoms with Crippen molar-refractivity contribution >= 4 is 17.5 Å². The topological polar surface area (TPSA) is 60.8 Å². The molecular weight excluding hydrogens is 249 g/mol. The van der Waals surface area contributed by atoms with Crippen LogP contribution in [0.5, 0.6) is 0 Å². The first kappa shape index (κ1) is 12.3. The molecule has 1 aromatic rings. The summed E-state index contributed by atoms with van der Waals surface area (Å²) >= 11 is 5.58. The van der Waals surface area contributed by atoms with E-state index in [-0.39, 0.29) is 23.7 Å². The third kappa shape index (κ3) is 2.41. The summed E-state index contributed by atoms with van der Waals surface area (Å²) in [6.45, 7) is 0.00410. The fourth-order valence-electron chi connectivity index (χ4n) is 1.77. The van der Waals surface area contributed by atoms with Gasteiger partial charge in [0.15, 0.2) is 0 Å². The molecule has 0 spiro atoms. The number of carbonyl (C=O) groups is 1. The minimum absolute atomic E-state index is 0.00205. The summed E-state index contributed by atoms with van der Waals surface area (Å²) in [5.74, 6) is -1.27. The van der Waals surface area contributed by atoms with Gasteiger partial charge in [-0.2, -0.15) is 0 Å². The molecule has 4 nitrogen and oxygen atoms in total. The van der Waals surface area contributed by atoms with E-state index in [4.69, 9.17) is 11.6 Å². The van der Waals surface area contributed by atoms with Crippen LogP contribution in [-0.2, 0) is 0 Å². The van der Waals surface area contributed by atoms with Gasteiger partial charge in [-0.1, -0.05) is 11.6 Å². The molecule has 0 aliphatic carbocycles. The second kappa shape index (κ2) is 4.60. The first-order valence-corrected chi connectivity index (χ1v) is 5.47. The van der Waals surface area contributed by atoms with Crippen LogP contribution >= 0.6 is 11.6 Å². The Morgan fingerprint density at radius 2 is 1.94 bits per heavy atom. The van der Waals surface area contributed by atoms with Gasteiger partial charge in [-0.15, -0.1) is 0 Å². The molecule has 0 bridgehead atoms. The Labute approximate surface area is 102 Å². The summed E-state index contributed by atoms with van der Waals surface area (Å²) in [7, 11) is 0. The highest BCUT2D eigenvalue weighted by Crippen LogP contribution is 2.19. The van der Waals surface area contributed by atoms with Crippen molar-refractivity contribution in [1.29, 1.82) is 0 Å². The molecule has 1 fully saturated rings. The van der Waals surface area contributed by atoms with Gasteiger partial charge in [0.25, 0.3) is 5.91 Å². The number of nitrogens with zero attached hydrogens (tertiary/aromatic N) is 1. The normalized spacial score (nSPS) is 24.1. The van der Waals surface area contributed by atoms with E-state index in [1.807, 2.05) is 0 Å². The zero-order valence-electron chi connectivity index (χ0n) is 8.81. The average Bonchev–Trinajstić information content (AvgIpc) is 2.58. The number of β-amino-alcohol motifs (C(OH)–C–C–N with tert-alkyl or cyclic N) is 2. The van der Waals surface area contributed by atoms with E-state index < -0.39 is 23.9 Å². The van der Waals surface area contributed by atoms with E-state index in [1.54, 1.807) is 0 Å². The van der Waals surface area contributed by atoms with Crippen LogP contribution in [-0.4, -0.2) is 46.3 Å². The number of likely N-dealkylation sites (tertiary alicyclic amines) is 1. The van der Waals surface area contributed by atoms with Crippen LogP contribution in [0.1, 0.15) is 10.4 Å². The molecule has 0 radical (unpaired) electrons. The number of carbonyl (C=O) groups excluding carboxylic acids is 1. The lowest BCUT2D eigenvalue weighted by molar-refractivity contribution is 0.0572. The van der Waals surface area contributed by atoms with E-state index in [2.05, 4.69) is 0 Å². The van der Waals surface area contributed by atoms with Crippen molar-refractivity contribution in [3.8, 4) is 0 Å². The predicted molar refractivity (Wildman–Crippen MR) is 59.3 cm³/mol. The van der Waals surface area contributed by atoms with Gasteiger partial charge >= 0.3 is 0 Å². The Morgan fingerprint density at radius 3 is 2.47 bits per heavy atom. The zero-order chi connectivity index (χ0) is 12.6. The van der Waals surface area contributed by atoms with E-state index in [0.717, 1.165) is 6.07 Å². The van der Waals surface area contributed by atoms with E-state index in [0.29, 0.717) is 0 Å². The Morgan fingerprint density at radius 1 is 1.35 bits per heavy atom. The number of benzene rings is 1. The number of halogens is 2. The number of hydrogen-bond acceptors (Lipinski definition) is 3.